The van der Waals surface area contributed by atoms with Crippen molar-refractivity contribution in [2.45, 2.75) is 24.4 Å². The Kier molecular flexibility index (Phi) is 4.01. The maximum atomic E-state index is 11.4. The van der Waals surface area contributed by atoms with Gasteiger partial charge in [0.2, 0.25) is 0 Å². The summed E-state index contributed by atoms with van der Waals surface area (Å²) in [5.74, 6) is 0. The van der Waals surface area contributed by atoms with Gasteiger partial charge in [-0.25, -0.2) is 8.42 Å². The zero-order valence-corrected chi connectivity index (χ0v) is 11.7. The van der Waals surface area contributed by atoms with Gasteiger partial charge in [0, 0.05) is 30.7 Å². The van der Waals surface area contributed by atoms with Crippen LogP contribution in [0.1, 0.15) is 24.2 Å². The van der Waals surface area contributed by atoms with Crippen LogP contribution >= 0.6 is 0 Å². The molecule has 1 heterocycles. The number of H-pyrrole nitrogens is 1. The van der Waals surface area contributed by atoms with Gasteiger partial charge in [0.05, 0.1) is 4.90 Å². The van der Waals surface area contributed by atoms with E-state index >= 15 is 0 Å². The standard InChI is InChI=1S/C13H17N3O2S/c1-10(14-9-12-7-8-15-16-12)11-3-5-13(6-4-11)19(2,17)18/h3-8,10,14H,9H2,1-2H3,(H,15,16). The smallest absolute Gasteiger partial charge is 0.175 e. The first-order valence-electron chi connectivity index (χ1n) is 5.98. The molecule has 1 aromatic heterocycles. The number of benzene rings is 1. The summed E-state index contributed by atoms with van der Waals surface area (Å²) in [5.41, 5.74) is 2.06. The lowest BCUT2D eigenvalue weighted by atomic mass is 10.1. The molecule has 2 aromatic rings. The second kappa shape index (κ2) is 5.54. The minimum atomic E-state index is -3.13. The fourth-order valence-corrected chi connectivity index (χ4v) is 2.40. The summed E-state index contributed by atoms with van der Waals surface area (Å²) in [6, 6.07) is 8.99. The molecule has 6 heteroatoms. The molecule has 0 spiro atoms. The third-order valence-electron chi connectivity index (χ3n) is 2.97. The highest BCUT2D eigenvalue weighted by atomic mass is 32.2. The van der Waals surface area contributed by atoms with Crippen molar-refractivity contribution in [1.29, 1.82) is 0 Å². The third kappa shape index (κ3) is 3.65. The number of nitrogens with one attached hydrogen (secondary N) is 2. The fourth-order valence-electron chi connectivity index (χ4n) is 1.77. The maximum Gasteiger partial charge on any atom is 0.175 e. The van der Waals surface area contributed by atoms with Gasteiger partial charge in [-0.1, -0.05) is 12.1 Å². The predicted octanol–water partition coefficient (Wildman–Crippen LogP) is 1.66. The van der Waals surface area contributed by atoms with E-state index in [9.17, 15) is 8.42 Å². The Hall–Kier alpha value is -1.66. The maximum absolute atomic E-state index is 11.4. The van der Waals surface area contributed by atoms with Crippen LogP contribution in [-0.4, -0.2) is 24.9 Å². The second-order valence-electron chi connectivity index (χ2n) is 4.53. The van der Waals surface area contributed by atoms with Crippen molar-refractivity contribution < 1.29 is 8.42 Å². The van der Waals surface area contributed by atoms with Crippen LogP contribution in [0.4, 0.5) is 0 Å². The number of hydrogen-bond donors (Lipinski definition) is 2. The minimum Gasteiger partial charge on any atom is -0.305 e. The van der Waals surface area contributed by atoms with E-state index in [4.69, 9.17) is 0 Å². The lowest BCUT2D eigenvalue weighted by Crippen LogP contribution is -2.18. The largest absolute Gasteiger partial charge is 0.305 e. The van der Waals surface area contributed by atoms with E-state index in [1.807, 2.05) is 25.1 Å². The number of hydrogen-bond acceptors (Lipinski definition) is 4. The van der Waals surface area contributed by atoms with Gasteiger partial charge < -0.3 is 5.32 Å². The minimum absolute atomic E-state index is 0.136. The Morgan fingerprint density at radius 1 is 1.26 bits per heavy atom. The molecule has 2 rings (SSSR count). The number of sulfone groups is 1. The Morgan fingerprint density at radius 2 is 1.95 bits per heavy atom. The molecule has 0 bridgehead atoms. The first-order chi connectivity index (χ1) is 8.97. The van der Waals surface area contributed by atoms with Gasteiger partial charge >= 0.3 is 0 Å². The topological polar surface area (TPSA) is 74.8 Å². The fraction of sp³-hybridized carbons (Fsp3) is 0.308. The number of rotatable bonds is 5. The molecule has 0 amide bonds. The van der Waals surface area contributed by atoms with E-state index in [2.05, 4.69) is 15.5 Å². The van der Waals surface area contributed by atoms with Gasteiger partial charge in [-0.3, -0.25) is 5.10 Å². The van der Waals surface area contributed by atoms with Gasteiger partial charge in [-0.2, -0.15) is 5.10 Å². The summed E-state index contributed by atoms with van der Waals surface area (Å²) in [5, 5.41) is 10.1. The van der Waals surface area contributed by atoms with Crippen LogP contribution < -0.4 is 5.32 Å². The number of aromatic nitrogens is 2. The van der Waals surface area contributed by atoms with Gasteiger partial charge in [0.25, 0.3) is 0 Å². The molecule has 2 N–H and O–H groups in total. The highest BCUT2D eigenvalue weighted by Crippen LogP contribution is 2.16. The first kappa shape index (κ1) is 13.8. The normalized spacial score (nSPS) is 13.4. The zero-order chi connectivity index (χ0) is 13.9. The van der Waals surface area contributed by atoms with E-state index in [0.717, 1.165) is 11.3 Å². The first-order valence-corrected chi connectivity index (χ1v) is 7.87. The van der Waals surface area contributed by atoms with Crippen LogP contribution in [0, 0.1) is 0 Å². The van der Waals surface area contributed by atoms with Crippen molar-refractivity contribution in [2.75, 3.05) is 6.26 Å². The molecule has 19 heavy (non-hydrogen) atoms. The summed E-state index contributed by atoms with van der Waals surface area (Å²) in [7, 11) is -3.13. The summed E-state index contributed by atoms with van der Waals surface area (Å²) < 4.78 is 22.7. The number of aromatic amines is 1. The van der Waals surface area contributed by atoms with E-state index in [1.165, 1.54) is 6.26 Å². The average Bonchev–Trinajstić information content (AvgIpc) is 2.88. The summed E-state index contributed by atoms with van der Waals surface area (Å²) in [6.45, 7) is 2.72. The quantitative estimate of drug-likeness (QED) is 0.873. The molecule has 1 aromatic carbocycles. The highest BCUT2D eigenvalue weighted by molar-refractivity contribution is 7.90. The molecule has 1 atom stereocenters. The van der Waals surface area contributed by atoms with Crippen LogP contribution in [0.15, 0.2) is 41.4 Å². The predicted molar refractivity (Wildman–Crippen MR) is 73.4 cm³/mol. The van der Waals surface area contributed by atoms with Crippen molar-refractivity contribution in [2.24, 2.45) is 0 Å². The Labute approximate surface area is 113 Å². The molecular weight excluding hydrogens is 262 g/mol. The second-order valence-corrected chi connectivity index (χ2v) is 6.54. The molecule has 0 aliphatic carbocycles. The highest BCUT2D eigenvalue weighted by Gasteiger charge is 2.09. The van der Waals surface area contributed by atoms with Gasteiger partial charge in [0.1, 0.15) is 0 Å². The van der Waals surface area contributed by atoms with E-state index in [0.29, 0.717) is 11.4 Å². The van der Waals surface area contributed by atoms with Gasteiger partial charge in [0.15, 0.2) is 9.84 Å². The van der Waals surface area contributed by atoms with Crippen molar-refractivity contribution in [3.05, 3.63) is 47.8 Å². The van der Waals surface area contributed by atoms with E-state index in [1.54, 1.807) is 18.3 Å². The molecule has 0 aliphatic rings. The molecule has 0 saturated carbocycles. The lowest BCUT2D eigenvalue weighted by Gasteiger charge is -2.13. The van der Waals surface area contributed by atoms with Crippen molar-refractivity contribution >= 4 is 9.84 Å². The van der Waals surface area contributed by atoms with Crippen LogP contribution in [0.5, 0.6) is 0 Å². The molecule has 5 nitrogen and oxygen atoms in total. The van der Waals surface area contributed by atoms with Crippen LogP contribution in [-0.2, 0) is 16.4 Å². The zero-order valence-electron chi connectivity index (χ0n) is 10.9. The Morgan fingerprint density at radius 3 is 2.47 bits per heavy atom. The third-order valence-corrected chi connectivity index (χ3v) is 4.09. The average molecular weight is 279 g/mol. The molecule has 1 unspecified atom stereocenters. The summed E-state index contributed by atoms with van der Waals surface area (Å²) in [6.07, 6.45) is 2.92. The molecule has 0 aliphatic heterocycles. The van der Waals surface area contributed by atoms with E-state index in [-0.39, 0.29) is 6.04 Å². The molecule has 102 valence electrons. The summed E-state index contributed by atoms with van der Waals surface area (Å²) in [4.78, 5) is 0.344. The van der Waals surface area contributed by atoms with Crippen molar-refractivity contribution in [3.63, 3.8) is 0 Å². The SMILES string of the molecule is CC(NCc1ccn[nH]1)c1ccc(S(C)(=O)=O)cc1. The summed E-state index contributed by atoms with van der Waals surface area (Å²) >= 11 is 0. The molecular formula is C13H17N3O2S. The van der Waals surface area contributed by atoms with Crippen molar-refractivity contribution in [3.8, 4) is 0 Å². The van der Waals surface area contributed by atoms with Crippen LogP contribution in [0.3, 0.4) is 0 Å². The molecule has 0 radical (unpaired) electrons. The van der Waals surface area contributed by atoms with Crippen molar-refractivity contribution in [1.82, 2.24) is 15.5 Å². The Balaban J connectivity index is 2.01. The molecule has 0 saturated heterocycles. The van der Waals surface area contributed by atoms with Crippen LogP contribution in [0.25, 0.3) is 0 Å². The van der Waals surface area contributed by atoms with Gasteiger partial charge in [-0.15, -0.1) is 0 Å². The van der Waals surface area contributed by atoms with Gasteiger partial charge in [-0.05, 0) is 30.7 Å². The molecule has 0 fully saturated rings. The van der Waals surface area contributed by atoms with E-state index < -0.39 is 9.84 Å². The lowest BCUT2D eigenvalue weighted by molar-refractivity contribution is 0.566. The monoisotopic (exact) mass is 279 g/mol. The van der Waals surface area contributed by atoms with Crippen LogP contribution in [0.2, 0.25) is 0 Å². The number of nitrogens with zero attached hydrogens (tertiary/aromatic N) is 1. The Bertz CT molecular complexity index is 618.